The maximum absolute atomic E-state index is 12.5. The maximum Gasteiger partial charge on any atom is 0.257 e. The minimum absolute atomic E-state index is 0.167. The molecule has 148 valence electrons. The summed E-state index contributed by atoms with van der Waals surface area (Å²) in [7, 11) is 0. The van der Waals surface area contributed by atoms with E-state index in [-0.39, 0.29) is 5.91 Å². The van der Waals surface area contributed by atoms with Crippen LogP contribution in [0.1, 0.15) is 27.0 Å². The van der Waals surface area contributed by atoms with Crippen LogP contribution in [-0.2, 0) is 19.5 Å². The number of thioether (sulfide) groups is 1. The second-order valence-corrected chi connectivity index (χ2v) is 9.10. The molecule has 0 saturated heterocycles. The Morgan fingerprint density at radius 1 is 1.17 bits per heavy atom. The van der Waals surface area contributed by atoms with Gasteiger partial charge in [0.25, 0.3) is 5.91 Å². The van der Waals surface area contributed by atoms with Gasteiger partial charge in [-0.15, -0.1) is 16.8 Å². The minimum Gasteiger partial charge on any atom is -0.296 e. The van der Waals surface area contributed by atoms with Gasteiger partial charge in [-0.3, -0.25) is 15.0 Å². The summed E-state index contributed by atoms with van der Waals surface area (Å²) < 4.78 is 0.818. The molecule has 2 aromatic carbocycles. The van der Waals surface area contributed by atoms with E-state index in [4.69, 9.17) is 0 Å². The van der Waals surface area contributed by atoms with Crippen molar-refractivity contribution >= 4 is 34.1 Å². The van der Waals surface area contributed by atoms with Crippen LogP contribution in [-0.4, -0.2) is 33.3 Å². The molecule has 0 unspecified atom stereocenters. The molecule has 29 heavy (non-hydrogen) atoms. The van der Waals surface area contributed by atoms with Gasteiger partial charge in [0.15, 0.2) is 4.34 Å². The zero-order chi connectivity index (χ0) is 20.1. The van der Waals surface area contributed by atoms with Crippen molar-refractivity contribution in [1.29, 1.82) is 0 Å². The first kappa shape index (κ1) is 19.8. The standard InChI is InChI=1S/C22H22N4OS2/c1-2-13-28-22-25-24-21(29-22)23-20(27)18-9-7-16(8-10-18)14-26-12-11-17-5-3-4-6-19(17)15-26/h2-10H,1,11-15H2,(H,23,24,27). The second kappa shape index (κ2) is 9.35. The summed E-state index contributed by atoms with van der Waals surface area (Å²) in [6.45, 7) is 6.60. The van der Waals surface area contributed by atoms with Crippen molar-refractivity contribution in [1.82, 2.24) is 15.1 Å². The van der Waals surface area contributed by atoms with Crippen LogP contribution in [0.3, 0.4) is 0 Å². The number of fused-ring (bicyclic) bond motifs is 1. The van der Waals surface area contributed by atoms with Gasteiger partial charge in [0.1, 0.15) is 0 Å². The highest BCUT2D eigenvalue weighted by Crippen LogP contribution is 2.26. The normalized spacial score (nSPS) is 13.7. The first-order valence-corrected chi connectivity index (χ1v) is 11.3. The lowest BCUT2D eigenvalue weighted by Gasteiger charge is -2.28. The van der Waals surface area contributed by atoms with Gasteiger partial charge in [0.05, 0.1) is 0 Å². The summed E-state index contributed by atoms with van der Waals surface area (Å²) in [5.41, 5.74) is 4.70. The summed E-state index contributed by atoms with van der Waals surface area (Å²) in [5, 5.41) is 11.4. The average Bonchev–Trinajstić information content (AvgIpc) is 3.20. The highest BCUT2D eigenvalue weighted by Gasteiger charge is 2.16. The van der Waals surface area contributed by atoms with Crippen LogP contribution < -0.4 is 5.32 Å². The van der Waals surface area contributed by atoms with E-state index in [9.17, 15) is 4.79 Å². The minimum atomic E-state index is -0.167. The molecule has 0 aliphatic carbocycles. The lowest BCUT2D eigenvalue weighted by atomic mass is 9.99. The van der Waals surface area contributed by atoms with Crippen molar-refractivity contribution in [2.45, 2.75) is 23.8 Å². The predicted molar refractivity (Wildman–Crippen MR) is 119 cm³/mol. The van der Waals surface area contributed by atoms with Crippen molar-refractivity contribution in [3.05, 3.63) is 83.4 Å². The first-order chi connectivity index (χ1) is 14.2. The van der Waals surface area contributed by atoms with Crippen molar-refractivity contribution < 1.29 is 4.79 Å². The topological polar surface area (TPSA) is 58.1 Å². The molecule has 0 atom stereocenters. The van der Waals surface area contributed by atoms with Gasteiger partial charge in [-0.25, -0.2) is 0 Å². The van der Waals surface area contributed by atoms with Crippen LogP contribution in [0.5, 0.6) is 0 Å². The molecule has 7 heteroatoms. The van der Waals surface area contributed by atoms with E-state index in [0.29, 0.717) is 10.7 Å². The van der Waals surface area contributed by atoms with Crippen LogP contribution >= 0.6 is 23.1 Å². The van der Waals surface area contributed by atoms with E-state index in [1.165, 1.54) is 28.0 Å². The molecule has 0 bridgehead atoms. The quantitative estimate of drug-likeness (QED) is 0.342. The van der Waals surface area contributed by atoms with Crippen LogP contribution in [0.2, 0.25) is 0 Å². The molecule has 0 radical (unpaired) electrons. The number of benzene rings is 2. The summed E-state index contributed by atoms with van der Waals surface area (Å²) in [6, 6.07) is 16.5. The monoisotopic (exact) mass is 422 g/mol. The zero-order valence-electron chi connectivity index (χ0n) is 16.0. The third kappa shape index (κ3) is 5.12. The highest BCUT2D eigenvalue weighted by atomic mass is 32.2. The average molecular weight is 423 g/mol. The zero-order valence-corrected chi connectivity index (χ0v) is 17.6. The molecule has 2 heterocycles. The number of nitrogens with one attached hydrogen (secondary N) is 1. The number of carbonyl (C=O) groups is 1. The fourth-order valence-electron chi connectivity index (χ4n) is 3.33. The SMILES string of the molecule is C=CCSc1nnc(NC(=O)c2ccc(CN3CCc4ccccc4C3)cc2)s1. The lowest BCUT2D eigenvalue weighted by molar-refractivity contribution is 0.102. The van der Waals surface area contributed by atoms with E-state index < -0.39 is 0 Å². The molecule has 0 spiro atoms. The fourth-order valence-corrected chi connectivity index (χ4v) is 4.84. The Bertz CT molecular complexity index is 1000. The van der Waals surface area contributed by atoms with Crippen molar-refractivity contribution in [3.8, 4) is 0 Å². The third-order valence-corrected chi connectivity index (χ3v) is 6.75. The van der Waals surface area contributed by atoms with Crippen molar-refractivity contribution in [3.63, 3.8) is 0 Å². The second-order valence-electron chi connectivity index (χ2n) is 6.85. The Morgan fingerprint density at radius 2 is 1.97 bits per heavy atom. The van der Waals surface area contributed by atoms with Crippen LogP contribution in [0.4, 0.5) is 5.13 Å². The highest BCUT2D eigenvalue weighted by molar-refractivity contribution is 8.01. The Morgan fingerprint density at radius 3 is 2.76 bits per heavy atom. The Labute approximate surface area is 178 Å². The van der Waals surface area contributed by atoms with E-state index in [0.717, 1.165) is 36.1 Å². The van der Waals surface area contributed by atoms with Gasteiger partial charge in [0.2, 0.25) is 5.13 Å². The number of hydrogen-bond donors (Lipinski definition) is 1. The number of nitrogens with zero attached hydrogens (tertiary/aromatic N) is 3. The molecule has 1 aliphatic heterocycles. The summed E-state index contributed by atoms with van der Waals surface area (Å²) in [4.78, 5) is 14.9. The molecule has 1 N–H and O–H groups in total. The molecule has 4 rings (SSSR count). The van der Waals surface area contributed by atoms with Gasteiger partial charge in [-0.05, 0) is 35.2 Å². The molecule has 0 saturated carbocycles. The van der Waals surface area contributed by atoms with Crippen LogP contribution in [0.25, 0.3) is 0 Å². The molecule has 1 aromatic heterocycles. The Hall–Kier alpha value is -2.48. The van der Waals surface area contributed by atoms with Gasteiger partial charge in [-0.2, -0.15) is 0 Å². The smallest absolute Gasteiger partial charge is 0.257 e. The Kier molecular flexibility index (Phi) is 6.39. The van der Waals surface area contributed by atoms with E-state index in [1.54, 1.807) is 11.8 Å². The molecule has 0 fully saturated rings. The van der Waals surface area contributed by atoms with Crippen molar-refractivity contribution in [2.75, 3.05) is 17.6 Å². The number of amides is 1. The molecule has 5 nitrogen and oxygen atoms in total. The molecular weight excluding hydrogens is 400 g/mol. The summed E-state index contributed by atoms with van der Waals surface area (Å²) >= 11 is 2.92. The third-order valence-electron chi connectivity index (χ3n) is 4.78. The van der Waals surface area contributed by atoms with Crippen LogP contribution in [0.15, 0.2) is 65.5 Å². The number of aromatic nitrogens is 2. The predicted octanol–water partition coefficient (Wildman–Crippen LogP) is 4.63. The van der Waals surface area contributed by atoms with Crippen LogP contribution in [0, 0.1) is 0 Å². The van der Waals surface area contributed by atoms with Crippen molar-refractivity contribution in [2.24, 2.45) is 0 Å². The molecular formula is C22H22N4OS2. The van der Waals surface area contributed by atoms with Gasteiger partial charge in [0, 0.05) is 31.0 Å². The molecule has 1 aliphatic rings. The molecule has 3 aromatic rings. The largest absolute Gasteiger partial charge is 0.296 e. The molecule has 1 amide bonds. The number of anilines is 1. The maximum atomic E-state index is 12.5. The lowest BCUT2D eigenvalue weighted by Crippen LogP contribution is -2.29. The van der Waals surface area contributed by atoms with Gasteiger partial charge in [-0.1, -0.05) is 65.6 Å². The van der Waals surface area contributed by atoms with Gasteiger partial charge >= 0.3 is 0 Å². The number of carbonyl (C=O) groups excluding carboxylic acids is 1. The van der Waals surface area contributed by atoms with E-state index in [1.807, 2.05) is 30.3 Å². The van der Waals surface area contributed by atoms with E-state index in [2.05, 4.69) is 51.3 Å². The first-order valence-electron chi connectivity index (χ1n) is 9.48. The Balaban J connectivity index is 1.33. The summed E-state index contributed by atoms with van der Waals surface area (Å²) in [6.07, 6.45) is 2.90. The fraction of sp³-hybridized carbons (Fsp3) is 0.227. The summed E-state index contributed by atoms with van der Waals surface area (Å²) in [5.74, 6) is 0.604. The van der Waals surface area contributed by atoms with Gasteiger partial charge < -0.3 is 0 Å². The number of rotatable bonds is 7. The number of hydrogen-bond acceptors (Lipinski definition) is 6. The van der Waals surface area contributed by atoms with E-state index >= 15 is 0 Å².